The van der Waals surface area contributed by atoms with Gasteiger partial charge < -0.3 is 5.21 Å². The summed E-state index contributed by atoms with van der Waals surface area (Å²) in [6.45, 7) is 0. The predicted octanol–water partition coefficient (Wildman–Crippen LogP) is 4.84. The Morgan fingerprint density at radius 2 is 1.81 bits per heavy atom. The molecule has 1 aromatic rings. The monoisotopic (exact) mass is 302 g/mol. The lowest BCUT2D eigenvalue weighted by atomic mass is 10.1. The van der Waals surface area contributed by atoms with E-state index in [0.717, 1.165) is 49.3 Å². The lowest BCUT2D eigenvalue weighted by molar-refractivity contribution is 0.316. The fourth-order valence-corrected chi connectivity index (χ4v) is 3.40. The van der Waals surface area contributed by atoms with Gasteiger partial charge in [-0.05, 0) is 50.7 Å². The molecule has 0 aromatic carbocycles. The number of allylic oxidation sites excluding steroid dienone is 4. The number of hydrogen-bond acceptors (Lipinski definition) is 4. The minimum absolute atomic E-state index is 0.183. The molecule has 0 radical (unpaired) electrons. The zero-order chi connectivity index (χ0) is 14.8. The van der Waals surface area contributed by atoms with E-state index < -0.39 is 0 Å². The smallest absolute Gasteiger partial charge is 0.0966 e. The van der Waals surface area contributed by atoms with Crippen LogP contribution in [-0.2, 0) is 0 Å². The summed E-state index contributed by atoms with van der Waals surface area (Å²) in [5, 5.41) is 14.1. The molecule has 0 bridgehead atoms. The Labute approximate surface area is 130 Å². The summed E-state index contributed by atoms with van der Waals surface area (Å²) in [4.78, 5) is 4.37. The number of oxime groups is 1. The van der Waals surface area contributed by atoms with Gasteiger partial charge in [0, 0.05) is 6.20 Å². The molecule has 21 heavy (non-hydrogen) atoms. The topological polar surface area (TPSA) is 45.5 Å². The van der Waals surface area contributed by atoms with Gasteiger partial charge in [-0.25, -0.2) is 4.98 Å². The van der Waals surface area contributed by atoms with E-state index in [2.05, 4.69) is 34.4 Å². The summed E-state index contributed by atoms with van der Waals surface area (Å²) in [6, 6.07) is 5.91. The molecule has 0 amide bonds. The summed E-state index contributed by atoms with van der Waals surface area (Å²) >= 11 is 1.69. The summed E-state index contributed by atoms with van der Waals surface area (Å²) in [5.41, 5.74) is 0.865. The minimum Gasteiger partial charge on any atom is -0.411 e. The molecule has 1 atom stereocenters. The standard InChI is InChI=1S/C17H22N2OS/c20-19-15-11-7-5-3-1-2-4-6-8-12-16(15)21-17-13-9-10-14-18-17/h3-6,9-10,13-14,16,20H,1-2,7-8,11-12H2/b5-3+,6-4+,19-15+. The van der Waals surface area contributed by atoms with Crippen molar-refractivity contribution in [3.63, 3.8) is 0 Å². The molecule has 1 unspecified atom stereocenters. The summed E-state index contributed by atoms with van der Waals surface area (Å²) in [7, 11) is 0. The van der Waals surface area contributed by atoms with Crippen molar-refractivity contribution < 1.29 is 5.21 Å². The Morgan fingerprint density at radius 1 is 1.05 bits per heavy atom. The van der Waals surface area contributed by atoms with E-state index in [1.165, 1.54) is 0 Å². The van der Waals surface area contributed by atoms with Gasteiger partial charge in [0.05, 0.1) is 16.0 Å². The lowest BCUT2D eigenvalue weighted by Gasteiger charge is -2.16. The number of thioether (sulfide) groups is 1. The molecule has 0 fully saturated rings. The third kappa shape index (κ3) is 5.76. The molecule has 0 saturated heterocycles. The second-order valence-electron chi connectivity index (χ2n) is 5.00. The Morgan fingerprint density at radius 3 is 2.52 bits per heavy atom. The molecule has 3 nitrogen and oxygen atoms in total. The van der Waals surface area contributed by atoms with Crippen molar-refractivity contribution in [1.29, 1.82) is 0 Å². The van der Waals surface area contributed by atoms with E-state index in [1.54, 1.807) is 18.0 Å². The molecule has 4 heteroatoms. The van der Waals surface area contributed by atoms with Crippen LogP contribution in [0.15, 0.2) is 58.9 Å². The van der Waals surface area contributed by atoms with E-state index in [4.69, 9.17) is 0 Å². The van der Waals surface area contributed by atoms with Crippen LogP contribution in [0.1, 0.15) is 38.5 Å². The van der Waals surface area contributed by atoms with Gasteiger partial charge in [-0.15, -0.1) is 0 Å². The van der Waals surface area contributed by atoms with Crippen LogP contribution in [0.25, 0.3) is 0 Å². The largest absolute Gasteiger partial charge is 0.411 e. The number of aromatic nitrogens is 1. The fraction of sp³-hybridized carbons (Fsp3) is 0.412. The van der Waals surface area contributed by atoms with Crippen LogP contribution < -0.4 is 0 Å². The highest BCUT2D eigenvalue weighted by Crippen LogP contribution is 2.27. The van der Waals surface area contributed by atoms with Crippen molar-refractivity contribution in [2.75, 3.05) is 0 Å². The molecule has 1 aliphatic carbocycles. The van der Waals surface area contributed by atoms with Gasteiger partial charge in [-0.1, -0.05) is 47.3 Å². The van der Waals surface area contributed by atoms with Crippen molar-refractivity contribution in [2.24, 2.45) is 5.16 Å². The summed E-state index contributed by atoms with van der Waals surface area (Å²) in [5.74, 6) is 0. The Hall–Kier alpha value is -1.55. The van der Waals surface area contributed by atoms with Crippen LogP contribution in [0.5, 0.6) is 0 Å². The molecule has 0 saturated carbocycles. The van der Waals surface area contributed by atoms with Crippen LogP contribution in [0.2, 0.25) is 0 Å². The molecule has 0 aliphatic heterocycles. The Bertz CT molecular complexity index is 497. The average molecular weight is 302 g/mol. The molecular weight excluding hydrogens is 280 g/mol. The van der Waals surface area contributed by atoms with E-state index in [9.17, 15) is 5.21 Å². The Kier molecular flexibility index (Phi) is 7.08. The zero-order valence-corrected chi connectivity index (χ0v) is 13.0. The first-order chi connectivity index (χ1) is 10.4. The maximum atomic E-state index is 9.36. The van der Waals surface area contributed by atoms with Crippen molar-refractivity contribution in [3.8, 4) is 0 Å². The first-order valence-electron chi connectivity index (χ1n) is 7.48. The van der Waals surface area contributed by atoms with E-state index in [1.807, 2.05) is 18.2 Å². The minimum atomic E-state index is 0.183. The van der Waals surface area contributed by atoms with Crippen LogP contribution in [0.3, 0.4) is 0 Å². The second-order valence-corrected chi connectivity index (χ2v) is 6.23. The first-order valence-corrected chi connectivity index (χ1v) is 8.36. The maximum Gasteiger partial charge on any atom is 0.0966 e. The van der Waals surface area contributed by atoms with Crippen molar-refractivity contribution in [3.05, 3.63) is 48.7 Å². The third-order valence-electron chi connectivity index (χ3n) is 3.40. The van der Waals surface area contributed by atoms with Gasteiger partial charge in [0.1, 0.15) is 0 Å². The molecule has 1 aromatic heterocycles. The second kappa shape index (κ2) is 9.40. The fourth-order valence-electron chi connectivity index (χ4n) is 2.27. The average Bonchev–Trinajstić information content (AvgIpc) is 2.51. The number of nitrogens with zero attached hydrogens (tertiary/aromatic N) is 2. The molecule has 2 rings (SSSR count). The number of pyridine rings is 1. The summed E-state index contributed by atoms with van der Waals surface area (Å²) in [6.07, 6.45) is 16.6. The molecule has 1 N–H and O–H groups in total. The highest BCUT2D eigenvalue weighted by Gasteiger charge is 2.18. The quantitative estimate of drug-likeness (QED) is 0.483. The van der Waals surface area contributed by atoms with Crippen LogP contribution in [0, 0.1) is 0 Å². The number of hydrogen-bond donors (Lipinski definition) is 1. The molecule has 112 valence electrons. The molecule has 1 heterocycles. The number of rotatable bonds is 2. The van der Waals surface area contributed by atoms with Crippen molar-refractivity contribution in [1.82, 2.24) is 4.98 Å². The SMILES string of the molecule is O/N=C1\CC/C=C/CC/C=C/CCC1Sc1ccccn1. The molecule has 0 spiro atoms. The summed E-state index contributed by atoms with van der Waals surface area (Å²) < 4.78 is 0. The normalized spacial score (nSPS) is 25.7. The van der Waals surface area contributed by atoms with Gasteiger partial charge in [-0.3, -0.25) is 0 Å². The van der Waals surface area contributed by atoms with Gasteiger partial charge in [-0.2, -0.15) is 0 Å². The van der Waals surface area contributed by atoms with Gasteiger partial charge in [0.2, 0.25) is 0 Å². The highest BCUT2D eigenvalue weighted by molar-refractivity contribution is 8.00. The third-order valence-corrected chi connectivity index (χ3v) is 4.67. The van der Waals surface area contributed by atoms with E-state index in [-0.39, 0.29) is 5.25 Å². The van der Waals surface area contributed by atoms with Gasteiger partial charge >= 0.3 is 0 Å². The highest BCUT2D eigenvalue weighted by atomic mass is 32.2. The van der Waals surface area contributed by atoms with Crippen LogP contribution in [-0.4, -0.2) is 21.2 Å². The van der Waals surface area contributed by atoms with E-state index in [0.29, 0.717) is 0 Å². The first kappa shape index (κ1) is 15.8. The van der Waals surface area contributed by atoms with Gasteiger partial charge in [0.15, 0.2) is 0 Å². The van der Waals surface area contributed by atoms with Crippen molar-refractivity contribution in [2.45, 2.75) is 48.8 Å². The predicted molar refractivity (Wildman–Crippen MR) is 89.1 cm³/mol. The zero-order valence-electron chi connectivity index (χ0n) is 12.2. The van der Waals surface area contributed by atoms with Crippen molar-refractivity contribution >= 4 is 17.5 Å². The lowest BCUT2D eigenvalue weighted by Crippen LogP contribution is -2.17. The molecule has 1 aliphatic rings. The Balaban J connectivity index is 2.08. The van der Waals surface area contributed by atoms with Crippen LogP contribution in [0.4, 0.5) is 0 Å². The molecular formula is C17H22N2OS. The maximum absolute atomic E-state index is 9.36. The van der Waals surface area contributed by atoms with Crippen LogP contribution >= 0.6 is 11.8 Å². The van der Waals surface area contributed by atoms with E-state index >= 15 is 0 Å². The van der Waals surface area contributed by atoms with Gasteiger partial charge in [0.25, 0.3) is 0 Å².